The Bertz CT molecular complexity index is 217. The summed E-state index contributed by atoms with van der Waals surface area (Å²) in [5.41, 5.74) is -0.558. The first kappa shape index (κ1) is 12.4. The number of amides is 1. The summed E-state index contributed by atoms with van der Waals surface area (Å²) >= 11 is 0. The third-order valence-corrected chi connectivity index (χ3v) is 2.82. The quantitative estimate of drug-likeness (QED) is 0.467. The topological polar surface area (TPSA) is 81.6 Å². The molecule has 0 aromatic rings. The molecule has 1 aliphatic heterocycles. The van der Waals surface area contributed by atoms with Gasteiger partial charge in [0.25, 0.3) is 0 Å². The van der Waals surface area contributed by atoms with Crippen molar-refractivity contribution in [2.45, 2.75) is 25.8 Å². The van der Waals surface area contributed by atoms with Gasteiger partial charge in [-0.3, -0.25) is 4.79 Å². The maximum Gasteiger partial charge on any atom is 0.237 e. The average molecular weight is 216 g/mol. The molecule has 0 radical (unpaired) electrons. The highest BCUT2D eigenvalue weighted by atomic mass is 16.3. The van der Waals surface area contributed by atoms with Crippen LogP contribution in [0.15, 0.2) is 0 Å². The lowest BCUT2D eigenvalue weighted by Gasteiger charge is -2.29. The first-order valence-electron chi connectivity index (χ1n) is 5.34. The second-order valence-electron chi connectivity index (χ2n) is 4.49. The Labute approximate surface area is 89.9 Å². The maximum atomic E-state index is 11.4. The number of hydrogen-bond donors (Lipinski definition) is 4. The van der Waals surface area contributed by atoms with Crippen molar-refractivity contribution in [1.29, 1.82) is 0 Å². The van der Waals surface area contributed by atoms with E-state index in [4.69, 9.17) is 10.2 Å². The van der Waals surface area contributed by atoms with Gasteiger partial charge in [0.2, 0.25) is 5.91 Å². The fourth-order valence-electron chi connectivity index (χ4n) is 1.50. The second-order valence-corrected chi connectivity index (χ2v) is 4.49. The zero-order chi connectivity index (χ0) is 11.3. The van der Waals surface area contributed by atoms with Gasteiger partial charge in [-0.25, -0.2) is 0 Å². The monoisotopic (exact) mass is 216 g/mol. The lowest BCUT2D eigenvalue weighted by Crippen LogP contribution is -2.51. The Morgan fingerprint density at radius 3 is 2.73 bits per heavy atom. The first-order chi connectivity index (χ1) is 7.11. The molecule has 0 aromatic carbocycles. The highest BCUT2D eigenvalue weighted by Crippen LogP contribution is 2.13. The number of aliphatic hydroxyl groups excluding tert-OH is 2. The van der Waals surface area contributed by atoms with Crippen molar-refractivity contribution in [3.05, 3.63) is 0 Å². The molecule has 5 heteroatoms. The summed E-state index contributed by atoms with van der Waals surface area (Å²) in [5.74, 6) is 0.0134. The molecule has 0 saturated carbocycles. The van der Waals surface area contributed by atoms with E-state index in [1.165, 1.54) is 0 Å². The van der Waals surface area contributed by atoms with E-state index in [0.29, 0.717) is 6.54 Å². The van der Waals surface area contributed by atoms with E-state index >= 15 is 0 Å². The van der Waals surface area contributed by atoms with Crippen molar-refractivity contribution >= 4 is 5.91 Å². The summed E-state index contributed by atoms with van der Waals surface area (Å²) in [6, 6.07) is -0.184. The summed E-state index contributed by atoms with van der Waals surface area (Å²) in [6.45, 7) is 2.78. The Kier molecular flexibility index (Phi) is 4.50. The predicted molar refractivity (Wildman–Crippen MR) is 56.3 cm³/mol. The van der Waals surface area contributed by atoms with E-state index in [-0.39, 0.29) is 25.2 Å². The molecule has 1 amide bonds. The van der Waals surface area contributed by atoms with Crippen LogP contribution >= 0.6 is 0 Å². The van der Waals surface area contributed by atoms with Crippen LogP contribution in [0.3, 0.4) is 0 Å². The number of carbonyl (C=O) groups is 1. The van der Waals surface area contributed by atoms with Crippen LogP contribution in [0.25, 0.3) is 0 Å². The highest BCUT2D eigenvalue weighted by molar-refractivity contribution is 5.82. The SMILES string of the molecule is CC(CO)(CO)CNC1CCCNC1=O. The smallest absolute Gasteiger partial charge is 0.237 e. The Hall–Kier alpha value is -0.650. The molecule has 0 spiro atoms. The Morgan fingerprint density at radius 1 is 1.53 bits per heavy atom. The summed E-state index contributed by atoms with van der Waals surface area (Å²) in [4.78, 5) is 11.4. The van der Waals surface area contributed by atoms with Crippen molar-refractivity contribution in [2.24, 2.45) is 5.41 Å². The summed E-state index contributed by atoms with van der Waals surface area (Å²) in [5, 5.41) is 24.0. The minimum absolute atomic E-state index is 0.0134. The molecule has 4 N–H and O–H groups in total. The normalized spacial score (nSPS) is 22.6. The summed E-state index contributed by atoms with van der Waals surface area (Å²) < 4.78 is 0. The predicted octanol–water partition coefficient (Wildman–Crippen LogP) is -1.15. The van der Waals surface area contributed by atoms with Crippen LogP contribution in [-0.2, 0) is 4.79 Å². The Balaban J connectivity index is 2.37. The van der Waals surface area contributed by atoms with Crippen molar-refractivity contribution in [3.8, 4) is 0 Å². The fourth-order valence-corrected chi connectivity index (χ4v) is 1.50. The van der Waals surface area contributed by atoms with Gasteiger partial charge < -0.3 is 20.8 Å². The molecule has 1 fully saturated rings. The molecular formula is C10H20N2O3. The van der Waals surface area contributed by atoms with Gasteiger partial charge in [-0.15, -0.1) is 0 Å². The van der Waals surface area contributed by atoms with Crippen LogP contribution in [0, 0.1) is 5.41 Å². The Morgan fingerprint density at radius 2 is 2.20 bits per heavy atom. The number of piperidine rings is 1. The van der Waals surface area contributed by atoms with Gasteiger partial charge in [0, 0.05) is 18.5 Å². The van der Waals surface area contributed by atoms with Gasteiger partial charge in [-0.2, -0.15) is 0 Å². The van der Waals surface area contributed by atoms with E-state index in [9.17, 15) is 4.79 Å². The minimum atomic E-state index is -0.558. The van der Waals surface area contributed by atoms with Crippen LogP contribution in [0.1, 0.15) is 19.8 Å². The van der Waals surface area contributed by atoms with E-state index in [0.717, 1.165) is 19.4 Å². The molecule has 1 rings (SSSR count). The van der Waals surface area contributed by atoms with Crippen LogP contribution in [-0.4, -0.2) is 48.5 Å². The van der Waals surface area contributed by atoms with Gasteiger partial charge in [0.05, 0.1) is 19.3 Å². The van der Waals surface area contributed by atoms with Gasteiger partial charge in [-0.05, 0) is 12.8 Å². The lowest BCUT2D eigenvalue weighted by molar-refractivity contribution is -0.124. The first-order valence-corrected chi connectivity index (χ1v) is 5.34. The van der Waals surface area contributed by atoms with Crippen LogP contribution in [0.4, 0.5) is 0 Å². The van der Waals surface area contributed by atoms with Gasteiger partial charge >= 0.3 is 0 Å². The van der Waals surface area contributed by atoms with Crippen molar-refractivity contribution in [1.82, 2.24) is 10.6 Å². The maximum absolute atomic E-state index is 11.4. The molecule has 1 saturated heterocycles. The number of nitrogens with one attached hydrogen (secondary N) is 2. The molecule has 88 valence electrons. The fraction of sp³-hybridized carbons (Fsp3) is 0.900. The zero-order valence-corrected chi connectivity index (χ0v) is 9.12. The largest absolute Gasteiger partial charge is 0.396 e. The number of carbonyl (C=O) groups excluding carboxylic acids is 1. The molecule has 1 heterocycles. The third-order valence-electron chi connectivity index (χ3n) is 2.82. The second kappa shape index (κ2) is 5.44. The lowest BCUT2D eigenvalue weighted by atomic mass is 9.92. The van der Waals surface area contributed by atoms with Crippen molar-refractivity contribution in [3.63, 3.8) is 0 Å². The molecule has 1 atom stereocenters. The molecule has 1 aliphatic rings. The zero-order valence-electron chi connectivity index (χ0n) is 9.12. The minimum Gasteiger partial charge on any atom is -0.396 e. The molecule has 0 aromatic heterocycles. The van der Waals surface area contributed by atoms with E-state index in [1.807, 2.05) is 0 Å². The number of aliphatic hydroxyl groups is 2. The van der Waals surface area contributed by atoms with E-state index < -0.39 is 5.41 Å². The van der Waals surface area contributed by atoms with Crippen LogP contribution < -0.4 is 10.6 Å². The summed E-state index contributed by atoms with van der Waals surface area (Å²) in [7, 11) is 0. The molecule has 15 heavy (non-hydrogen) atoms. The average Bonchev–Trinajstić information content (AvgIpc) is 2.28. The summed E-state index contributed by atoms with van der Waals surface area (Å²) in [6.07, 6.45) is 1.79. The van der Waals surface area contributed by atoms with Crippen LogP contribution in [0.2, 0.25) is 0 Å². The van der Waals surface area contributed by atoms with Crippen LogP contribution in [0.5, 0.6) is 0 Å². The van der Waals surface area contributed by atoms with E-state index in [1.54, 1.807) is 6.92 Å². The highest BCUT2D eigenvalue weighted by Gasteiger charge is 2.27. The molecule has 1 unspecified atom stereocenters. The van der Waals surface area contributed by atoms with E-state index in [2.05, 4.69) is 10.6 Å². The molecule has 0 aliphatic carbocycles. The third kappa shape index (κ3) is 3.44. The van der Waals surface area contributed by atoms with Crippen molar-refractivity contribution in [2.75, 3.05) is 26.3 Å². The molecule has 5 nitrogen and oxygen atoms in total. The molecule has 0 bridgehead atoms. The van der Waals surface area contributed by atoms with Gasteiger partial charge in [0.1, 0.15) is 0 Å². The molecular weight excluding hydrogens is 196 g/mol. The standard InChI is InChI=1S/C10H20N2O3/c1-10(6-13,7-14)5-12-8-3-2-4-11-9(8)15/h8,12-14H,2-7H2,1H3,(H,11,15). The van der Waals surface area contributed by atoms with Gasteiger partial charge in [-0.1, -0.05) is 6.92 Å². The number of rotatable bonds is 5. The van der Waals surface area contributed by atoms with Gasteiger partial charge in [0.15, 0.2) is 0 Å². The number of hydrogen-bond acceptors (Lipinski definition) is 4. The van der Waals surface area contributed by atoms with Crippen molar-refractivity contribution < 1.29 is 15.0 Å².